The molecule has 1 N–H and O–H groups in total. The molecule has 2 aromatic rings. The molecule has 154 valence electrons. The number of carbonyl (C=O) groups is 1. The zero-order valence-electron chi connectivity index (χ0n) is 16.4. The molecule has 2 aromatic carbocycles. The molecule has 0 aromatic heterocycles. The number of hydrogen-bond donors (Lipinski definition) is 1. The highest BCUT2D eigenvalue weighted by atomic mass is 32.2. The van der Waals surface area contributed by atoms with E-state index in [1.165, 1.54) is 12.1 Å². The summed E-state index contributed by atoms with van der Waals surface area (Å²) in [4.78, 5) is 12.8. The van der Waals surface area contributed by atoms with Gasteiger partial charge in [0.25, 0.3) is 10.0 Å². The Bertz CT molecular complexity index is 994. The van der Waals surface area contributed by atoms with Crippen molar-refractivity contribution in [2.24, 2.45) is 5.92 Å². The van der Waals surface area contributed by atoms with E-state index in [-0.39, 0.29) is 29.1 Å². The monoisotopic (exact) mass is 415 g/mol. The van der Waals surface area contributed by atoms with Gasteiger partial charge in [0.2, 0.25) is 0 Å². The van der Waals surface area contributed by atoms with Crippen molar-refractivity contribution in [2.45, 2.75) is 43.6 Å². The van der Waals surface area contributed by atoms with Gasteiger partial charge in [-0.15, -0.1) is 0 Å². The van der Waals surface area contributed by atoms with Gasteiger partial charge in [-0.2, -0.15) is 0 Å². The number of carbonyl (C=O) groups excluding carboxylic acids is 1. The fraction of sp³-hybridized carbons (Fsp3) is 0.409. The molecule has 0 bridgehead atoms. The zero-order valence-corrected chi connectivity index (χ0v) is 17.2. The molecular formula is C22H25NO5S. The summed E-state index contributed by atoms with van der Waals surface area (Å²) in [6, 6.07) is 11.7. The van der Waals surface area contributed by atoms with Crippen LogP contribution in [0.1, 0.15) is 42.1 Å². The van der Waals surface area contributed by atoms with E-state index in [0.29, 0.717) is 30.2 Å². The quantitative estimate of drug-likeness (QED) is 0.803. The van der Waals surface area contributed by atoms with E-state index in [4.69, 9.17) is 9.47 Å². The minimum Gasteiger partial charge on any atom is -0.489 e. The van der Waals surface area contributed by atoms with Gasteiger partial charge in [-0.25, -0.2) is 8.42 Å². The first-order chi connectivity index (χ1) is 14.0. The molecule has 2 heterocycles. The first-order valence-electron chi connectivity index (χ1n) is 9.99. The molecule has 1 unspecified atom stereocenters. The smallest absolute Gasteiger partial charge is 0.261 e. The van der Waals surface area contributed by atoms with Crippen LogP contribution >= 0.6 is 0 Å². The van der Waals surface area contributed by atoms with Crippen molar-refractivity contribution in [3.8, 4) is 5.75 Å². The number of rotatable bonds is 5. The first kappa shape index (κ1) is 19.9. The second-order valence-corrected chi connectivity index (χ2v) is 9.23. The summed E-state index contributed by atoms with van der Waals surface area (Å²) in [7, 11) is -3.80. The van der Waals surface area contributed by atoms with Gasteiger partial charge in [-0.3, -0.25) is 9.52 Å². The van der Waals surface area contributed by atoms with E-state index in [9.17, 15) is 13.2 Å². The average molecular weight is 416 g/mol. The Labute approximate surface area is 171 Å². The van der Waals surface area contributed by atoms with Gasteiger partial charge in [0, 0.05) is 31.2 Å². The maximum atomic E-state index is 12.8. The number of Topliss-reactive ketones (excluding diaryl/α,β-unsaturated/α-hetero) is 1. The molecule has 0 radical (unpaired) electrons. The SMILES string of the molecule is CCc1ccc(NS(=O)(=O)c2ccc3c(c2)C(=O)CC(C2CCOCC2)O3)cc1. The van der Waals surface area contributed by atoms with Crippen molar-refractivity contribution in [2.75, 3.05) is 17.9 Å². The van der Waals surface area contributed by atoms with Crippen molar-refractivity contribution < 1.29 is 22.7 Å². The molecule has 0 amide bonds. The van der Waals surface area contributed by atoms with E-state index in [0.717, 1.165) is 24.8 Å². The highest BCUT2D eigenvalue weighted by Crippen LogP contribution is 2.35. The standard InChI is InChI=1S/C22H25NO5S/c1-2-15-3-5-17(6-4-15)23-29(25,26)18-7-8-21-19(13-18)20(24)14-22(28-21)16-9-11-27-12-10-16/h3-8,13,16,22-23H,2,9-12,14H2,1H3. The highest BCUT2D eigenvalue weighted by molar-refractivity contribution is 7.92. The van der Waals surface area contributed by atoms with Gasteiger partial charge in [0.05, 0.1) is 10.5 Å². The molecule has 1 fully saturated rings. The predicted molar refractivity (Wildman–Crippen MR) is 110 cm³/mol. The molecule has 1 saturated heterocycles. The van der Waals surface area contributed by atoms with Crippen LogP contribution in [-0.2, 0) is 21.2 Å². The molecule has 7 heteroatoms. The summed E-state index contributed by atoms with van der Waals surface area (Å²) >= 11 is 0. The van der Waals surface area contributed by atoms with Crippen molar-refractivity contribution in [3.05, 3.63) is 53.6 Å². The normalized spacial score (nSPS) is 20.0. The maximum Gasteiger partial charge on any atom is 0.261 e. The largest absolute Gasteiger partial charge is 0.489 e. The molecule has 29 heavy (non-hydrogen) atoms. The van der Waals surface area contributed by atoms with Crippen LogP contribution in [0.3, 0.4) is 0 Å². The lowest BCUT2D eigenvalue weighted by Gasteiger charge is -2.33. The topological polar surface area (TPSA) is 81.7 Å². The molecule has 0 aliphatic carbocycles. The number of ketones is 1. The maximum absolute atomic E-state index is 12.8. The van der Waals surface area contributed by atoms with E-state index >= 15 is 0 Å². The number of benzene rings is 2. The summed E-state index contributed by atoms with van der Waals surface area (Å²) < 4.78 is 39.6. The third kappa shape index (κ3) is 4.31. The van der Waals surface area contributed by atoms with Crippen molar-refractivity contribution in [3.63, 3.8) is 0 Å². The Kier molecular flexibility index (Phi) is 5.61. The Morgan fingerprint density at radius 1 is 1.07 bits per heavy atom. The van der Waals surface area contributed by atoms with E-state index in [1.807, 2.05) is 19.1 Å². The number of aryl methyl sites for hydroxylation is 1. The van der Waals surface area contributed by atoms with Crippen molar-refractivity contribution in [1.29, 1.82) is 0 Å². The minimum absolute atomic E-state index is 0.0530. The van der Waals surface area contributed by atoms with Gasteiger partial charge in [-0.1, -0.05) is 19.1 Å². The molecule has 0 spiro atoms. The Balaban J connectivity index is 1.54. The average Bonchev–Trinajstić information content (AvgIpc) is 2.74. The van der Waals surface area contributed by atoms with E-state index < -0.39 is 10.0 Å². The Hall–Kier alpha value is -2.38. The van der Waals surface area contributed by atoms with Crippen LogP contribution in [0, 0.1) is 5.92 Å². The number of hydrogen-bond acceptors (Lipinski definition) is 5. The number of ether oxygens (including phenoxy) is 2. The summed E-state index contributed by atoms with van der Waals surface area (Å²) in [5.41, 5.74) is 1.95. The highest BCUT2D eigenvalue weighted by Gasteiger charge is 2.34. The van der Waals surface area contributed by atoms with Crippen molar-refractivity contribution in [1.82, 2.24) is 0 Å². The molecule has 2 aliphatic heterocycles. The number of nitrogens with one attached hydrogen (secondary N) is 1. The molecule has 6 nitrogen and oxygen atoms in total. The summed E-state index contributed by atoms with van der Waals surface area (Å²) in [6.07, 6.45) is 2.74. The lowest BCUT2D eigenvalue weighted by Crippen LogP contribution is -2.36. The summed E-state index contributed by atoms with van der Waals surface area (Å²) in [5.74, 6) is 0.674. The van der Waals surface area contributed by atoms with E-state index in [2.05, 4.69) is 4.72 Å². The van der Waals surface area contributed by atoms with E-state index in [1.54, 1.807) is 18.2 Å². The minimum atomic E-state index is -3.80. The predicted octanol–water partition coefficient (Wildman–Crippen LogP) is 3.81. The van der Waals surface area contributed by atoms with Gasteiger partial charge in [-0.05, 0) is 55.2 Å². The molecular weight excluding hydrogens is 390 g/mol. The number of sulfonamides is 1. The lowest BCUT2D eigenvalue weighted by molar-refractivity contribution is 0.0119. The summed E-state index contributed by atoms with van der Waals surface area (Å²) in [6.45, 7) is 3.42. The van der Waals surface area contributed by atoms with Crippen LogP contribution in [0.15, 0.2) is 47.4 Å². The molecule has 4 rings (SSSR count). The lowest BCUT2D eigenvalue weighted by atomic mass is 9.87. The number of anilines is 1. The van der Waals surface area contributed by atoms with Crippen LogP contribution in [0.4, 0.5) is 5.69 Å². The number of fused-ring (bicyclic) bond motifs is 1. The Morgan fingerprint density at radius 3 is 2.48 bits per heavy atom. The second-order valence-electron chi connectivity index (χ2n) is 7.55. The first-order valence-corrected chi connectivity index (χ1v) is 11.5. The molecule has 1 atom stereocenters. The van der Waals surface area contributed by atoms with Gasteiger partial charge >= 0.3 is 0 Å². The van der Waals surface area contributed by atoms with Crippen LogP contribution in [0.5, 0.6) is 5.75 Å². The molecule has 2 aliphatic rings. The van der Waals surface area contributed by atoms with Crippen LogP contribution in [0.25, 0.3) is 0 Å². The Morgan fingerprint density at radius 2 is 1.79 bits per heavy atom. The third-order valence-corrected chi connectivity index (χ3v) is 7.01. The third-order valence-electron chi connectivity index (χ3n) is 5.63. The van der Waals surface area contributed by atoms with Gasteiger partial charge in [0.1, 0.15) is 11.9 Å². The van der Waals surface area contributed by atoms with Crippen molar-refractivity contribution >= 4 is 21.5 Å². The van der Waals surface area contributed by atoms with Crippen LogP contribution in [-0.4, -0.2) is 33.5 Å². The second kappa shape index (κ2) is 8.16. The van der Waals surface area contributed by atoms with Gasteiger partial charge < -0.3 is 9.47 Å². The summed E-state index contributed by atoms with van der Waals surface area (Å²) in [5, 5.41) is 0. The molecule has 0 saturated carbocycles. The zero-order chi connectivity index (χ0) is 20.4. The van der Waals surface area contributed by atoms with Crippen LogP contribution in [0.2, 0.25) is 0 Å². The van der Waals surface area contributed by atoms with Crippen LogP contribution < -0.4 is 9.46 Å². The fourth-order valence-electron chi connectivity index (χ4n) is 3.87. The van der Waals surface area contributed by atoms with Gasteiger partial charge in [0.15, 0.2) is 5.78 Å². The fourth-order valence-corrected chi connectivity index (χ4v) is 4.95.